The van der Waals surface area contributed by atoms with Crippen molar-refractivity contribution in [2.75, 3.05) is 7.11 Å². The average Bonchev–Trinajstić information content (AvgIpc) is 2.33. The number of benzene rings is 1. The predicted molar refractivity (Wildman–Crippen MR) is 60.7 cm³/mol. The van der Waals surface area contributed by atoms with Crippen LogP contribution >= 0.6 is 0 Å². The molecule has 0 spiro atoms. The van der Waals surface area contributed by atoms with Gasteiger partial charge in [0.2, 0.25) is 0 Å². The summed E-state index contributed by atoms with van der Waals surface area (Å²) in [5, 5.41) is 6.39. The Hall–Kier alpha value is -2.10. The first-order valence-corrected chi connectivity index (χ1v) is 4.96. The fraction of sp³-hybridized carbons (Fsp3) is 0.167. The van der Waals surface area contributed by atoms with Gasteiger partial charge in [-0.2, -0.15) is 5.10 Å². The van der Waals surface area contributed by atoms with E-state index in [4.69, 9.17) is 4.74 Å². The molecular formula is C12H12N2O2. The molecule has 82 valence electrons. The maximum atomic E-state index is 11.1. The molecule has 0 fully saturated rings. The number of hydrogen-bond acceptors (Lipinski definition) is 3. The molecule has 0 aliphatic heterocycles. The third-order valence-corrected chi connectivity index (χ3v) is 2.28. The topological polar surface area (TPSA) is 55.0 Å². The molecule has 1 aromatic heterocycles. The van der Waals surface area contributed by atoms with Gasteiger partial charge in [0.25, 0.3) is 5.56 Å². The molecule has 4 nitrogen and oxygen atoms in total. The molecule has 1 aromatic carbocycles. The Kier molecular flexibility index (Phi) is 3.00. The molecule has 4 heteroatoms. The van der Waals surface area contributed by atoms with Gasteiger partial charge in [-0.05, 0) is 5.56 Å². The van der Waals surface area contributed by atoms with Crippen molar-refractivity contribution in [1.82, 2.24) is 10.2 Å². The van der Waals surface area contributed by atoms with Gasteiger partial charge >= 0.3 is 0 Å². The van der Waals surface area contributed by atoms with Crippen molar-refractivity contribution in [3.63, 3.8) is 0 Å². The molecule has 1 heterocycles. The minimum Gasteiger partial charge on any atom is -0.495 e. The number of rotatable bonds is 3. The van der Waals surface area contributed by atoms with Crippen molar-refractivity contribution >= 4 is 0 Å². The van der Waals surface area contributed by atoms with Crippen LogP contribution in [0.2, 0.25) is 0 Å². The average molecular weight is 216 g/mol. The highest BCUT2D eigenvalue weighted by atomic mass is 16.5. The largest absolute Gasteiger partial charge is 0.495 e. The van der Waals surface area contributed by atoms with E-state index in [-0.39, 0.29) is 5.56 Å². The molecule has 0 amide bonds. The lowest BCUT2D eigenvalue weighted by atomic mass is 10.1. The fourth-order valence-corrected chi connectivity index (χ4v) is 1.50. The lowest BCUT2D eigenvalue weighted by molar-refractivity contribution is 0.405. The second-order valence-corrected chi connectivity index (χ2v) is 3.41. The number of H-pyrrole nitrogens is 1. The summed E-state index contributed by atoms with van der Waals surface area (Å²) >= 11 is 0. The number of ether oxygens (including phenoxy) is 1. The van der Waals surface area contributed by atoms with E-state index in [0.717, 1.165) is 11.3 Å². The number of methoxy groups -OCH3 is 1. The summed E-state index contributed by atoms with van der Waals surface area (Å²) < 4.78 is 5.12. The van der Waals surface area contributed by atoms with Crippen LogP contribution in [0.15, 0.2) is 41.2 Å². The summed E-state index contributed by atoms with van der Waals surface area (Å²) in [5.74, 6) is 0.521. The first kappa shape index (κ1) is 10.4. The van der Waals surface area contributed by atoms with E-state index in [1.165, 1.54) is 13.2 Å². The van der Waals surface area contributed by atoms with E-state index < -0.39 is 0 Å². The maximum Gasteiger partial charge on any atom is 0.267 e. The zero-order valence-corrected chi connectivity index (χ0v) is 8.93. The Morgan fingerprint density at radius 1 is 1.31 bits per heavy atom. The van der Waals surface area contributed by atoms with Crippen molar-refractivity contribution in [2.24, 2.45) is 0 Å². The van der Waals surface area contributed by atoms with E-state index >= 15 is 0 Å². The monoisotopic (exact) mass is 216 g/mol. The highest BCUT2D eigenvalue weighted by molar-refractivity contribution is 5.30. The number of hydrogen-bond donors (Lipinski definition) is 1. The number of nitrogens with zero attached hydrogens (tertiary/aromatic N) is 1. The van der Waals surface area contributed by atoms with Crippen molar-refractivity contribution in [1.29, 1.82) is 0 Å². The normalized spacial score (nSPS) is 10.1. The summed E-state index contributed by atoms with van der Waals surface area (Å²) in [7, 11) is 1.53. The lowest BCUT2D eigenvalue weighted by Gasteiger charge is -2.05. The summed E-state index contributed by atoms with van der Waals surface area (Å²) in [6.45, 7) is 0. The van der Waals surface area contributed by atoms with Crippen molar-refractivity contribution in [3.8, 4) is 5.75 Å². The van der Waals surface area contributed by atoms with Gasteiger partial charge in [0.15, 0.2) is 0 Å². The molecule has 0 aliphatic rings. The quantitative estimate of drug-likeness (QED) is 0.843. The Bertz CT molecular complexity index is 520. The molecule has 0 atom stereocenters. The highest BCUT2D eigenvalue weighted by Crippen LogP contribution is 2.15. The van der Waals surface area contributed by atoms with Gasteiger partial charge in [-0.25, -0.2) is 5.10 Å². The van der Waals surface area contributed by atoms with E-state index in [1.54, 1.807) is 0 Å². The van der Waals surface area contributed by atoms with Gasteiger partial charge < -0.3 is 4.74 Å². The molecule has 0 aliphatic carbocycles. The second kappa shape index (κ2) is 4.61. The molecule has 0 radical (unpaired) electrons. The maximum absolute atomic E-state index is 11.1. The number of nitrogens with one attached hydrogen (secondary N) is 1. The van der Waals surface area contributed by atoms with Gasteiger partial charge in [0.1, 0.15) is 11.4 Å². The standard InChI is InChI=1S/C12H12N2O2/c1-16-11-8-12(15)14-13-10(11)7-9-5-3-2-4-6-9/h2-6,8H,7H2,1H3,(H,14,15). The zero-order valence-electron chi connectivity index (χ0n) is 8.93. The van der Waals surface area contributed by atoms with E-state index in [2.05, 4.69) is 10.2 Å². The van der Waals surface area contributed by atoms with Gasteiger partial charge in [0.05, 0.1) is 7.11 Å². The molecular weight excluding hydrogens is 204 g/mol. The number of aromatic nitrogens is 2. The molecule has 2 aromatic rings. The fourth-order valence-electron chi connectivity index (χ4n) is 1.50. The van der Waals surface area contributed by atoms with Crippen LogP contribution in [0.5, 0.6) is 5.75 Å². The van der Waals surface area contributed by atoms with Crippen LogP contribution in [0.1, 0.15) is 11.3 Å². The van der Waals surface area contributed by atoms with Crippen LogP contribution in [0, 0.1) is 0 Å². The Morgan fingerprint density at radius 3 is 2.75 bits per heavy atom. The van der Waals surface area contributed by atoms with Gasteiger partial charge in [-0.15, -0.1) is 0 Å². The predicted octanol–water partition coefficient (Wildman–Crippen LogP) is 1.37. The van der Waals surface area contributed by atoms with Crippen molar-refractivity contribution in [3.05, 3.63) is 58.0 Å². The molecule has 0 saturated heterocycles. The smallest absolute Gasteiger partial charge is 0.267 e. The Balaban J connectivity index is 2.31. The van der Waals surface area contributed by atoms with Crippen LogP contribution in [0.3, 0.4) is 0 Å². The lowest BCUT2D eigenvalue weighted by Crippen LogP contribution is -2.10. The van der Waals surface area contributed by atoms with Crippen LogP contribution in [-0.4, -0.2) is 17.3 Å². The van der Waals surface area contributed by atoms with Gasteiger partial charge in [-0.3, -0.25) is 4.79 Å². The molecule has 0 saturated carbocycles. The summed E-state index contributed by atoms with van der Waals surface area (Å²) in [5.41, 5.74) is 1.60. The van der Waals surface area contributed by atoms with Crippen LogP contribution in [0.4, 0.5) is 0 Å². The van der Waals surface area contributed by atoms with Crippen LogP contribution < -0.4 is 10.3 Å². The van der Waals surface area contributed by atoms with Gasteiger partial charge in [0, 0.05) is 12.5 Å². The minimum atomic E-state index is -0.256. The minimum absolute atomic E-state index is 0.256. The van der Waals surface area contributed by atoms with E-state index in [9.17, 15) is 4.79 Å². The van der Waals surface area contributed by atoms with Crippen LogP contribution in [0.25, 0.3) is 0 Å². The second-order valence-electron chi connectivity index (χ2n) is 3.41. The van der Waals surface area contributed by atoms with Crippen molar-refractivity contribution < 1.29 is 4.74 Å². The van der Waals surface area contributed by atoms with Crippen molar-refractivity contribution in [2.45, 2.75) is 6.42 Å². The third kappa shape index (κ3) is 2.28. The molecule has 0 unspecified atom stereocenters. The van der Waals surface area contributed by atoms with E-state index in [1.807, 2.05) is 30.3 Å². The highest BCUT2D eigenvalue weighted by Gasteiger charge is 2.06. The molecule has 1 N–H and O–H groups in total. The first-order chi connectivity index (χ1) is 7.79. The summed E-state index contributed by atoms with van der Waals surface area (Å²) in [4.78, 5) is 11.1. The molecule has 0 bridgehead atoms. The number of aromatic amines is 1. The Morgan fingerprint density at radius 2 is 2.06 bits per heavy atom. The summed E-state index contributed by atoms with van der Waals surface area (Å²) in [6.07, 6.45) is 0.640. The summed E-state index contributed by atoms with van der Waals surface area (Å²) in [6, 6.07) is 11.3. The van der Waals surface area contributed by atoms with Crippen LogP contribution in [-0.2, 0) is 6.42 Å². The van der Waals surface area contributed by atoms with Gasteiger partial charge in [-0.1, -0.05) is 30.3 Å². The molecule has 16 heavy (non-hydrogen) atoms. The first-order valence-electron chi connectivity index (χ1n) is 4.96. The van der Waals surface area contributed by atoms with E-state index in [0.29, 0.717) is 12.2 Å². The molecule has 2 rings (SSSR count). The Labute approximate surface area is 92.9 Å². The zero-order chi connectivity index (χ0) is 11.4. The third-order valence-electron chi connectivity index (χ3n) is 2.28. The SMILES string of the molecule is COc1cc(=O)[nH]nc1Cc1ccccc1.